The molecule has 0 unspecified atom stereocenters. The zero-order chi connectivity index (χ0) is 14.2. The summed E-state index contributed by atoms with van der Waals surface area (Å²) < 4.78 is 39.2. The molecule has 0 aliphatic rings. The number of hydrogen-bond donors (Lipinski definition) is 0. The van der Waals surface area contributed by atoms with Crippen LogP contribution in [0.25, 0.3) is 5.69 Å². The first-order chi connectivity index (χ1) is 8.84. The number of benzene rings is 1. The number of alkyl halides is 3. The van der Waals surface area contributed by atoms with Crippen LogP contribution >= 0.6 is 0 Å². The normalized spacial score (nSPS) is 11.4. The van der Waals surface area contributed by atoms with Gasteiger partial charge in [0.05, 0.1) is 11.1 Å². The monoisotopic (exact) mass is 264 g/mol. The van der Waals surface area contributed by atoms with Crippen LogP contribution < -0.4 is 0 Å². The van der Waals surface area contributed by atoms with Crippen LogP contribution in [0, 0.1) is 25.2 Å². The first-order valence-corrected chi connectivity index (χ1v) is 5.61. The first-order valence-electron chi connectivity index (χ1n) is 5.61. The van der Waals surface area contributed by atoms with Crippen molar-refractivity contribution in [2.45, 2.75) is 20.0 Å². The summed E-state index contributed by atoms with van der Waals surface area (Å²) in [6.07, 6.45) is -4.34. The highest BCUT2D eigenvalue weighted by Gasteiger charge is 2.30. The van der Waals surface area contributed by atoms with Gasteiger partial charge < -0.3 is 4.57 Å². The second-order valence-corrected chi connectivity index (χ2v) is 4.28. The van der Waals surface area contributed by atoms with Gasteiger partial charge in [0.25, 0.3) is 0 Å². The Bertz CT molecular complexity index is 643. The number of hydrogen-bond acceptors (Lipinski definition) is 1. The third-order valence-corrected chi connectivity index (χ3v) is 3.00. The van der Waals surface area contributed by atoms with Gasteiger partial charge in [-0.05, 0) is 44.2 Å². The summed E-state index contributed by atoms with van der Waals surface area (Å²) in [6, 6.07) is 8.67. The van der Waals surface area contributed by atoms with Crippen molar-refractivity contribution in [2.24, 2.45) is 0 Å². The SMILES string of the molecule is Cc1cc(C#N)c(C)n1-c1ccc(C(F)(F)F)cc1. The Hall–Kier alpha value is -2.22. The molecule has 1 aromatic heterocycles. The molecule has 2 rings (SSSR count). The quantitative estimate of drug-likeness (QED) is 0.765. The minimum atomic E-state index is -4.34. The Labute approximate surface area is 108 Å². The van der Waals surface area contributed by atoms with E-state index in [0.29, 0.717) is 11.3 Å². The van der Waals surface area contributed by atoms with Gasteiger partial charge in [-0.15, -0.1) is 0 Å². The third kappa shape index (κ3) is 2.34. The largest absolute Gasteiger partial charge is 0.416 e. The van der Waals surface area contributed by atoms with Crippen molar-refractivity contribution in [2.75, 3.05) is 0 Å². The van der Waals surface area contributed by atoms with Crippen LogP contribution in [0.4, 0.5) is 13.2 Å². The van der Waals surface area contributed by atoms with Crippen LogP contribution in [0.5, 0.6) is 0 Å². The second kappa shape index (κ2) is 4.47. The van der Waals surface area contributed by atoms with E-state index in [4.69, 9.17) is 5.26 Å². The smallest absolute Gasteiger partial charge is 0.317 e. The van der Waals surface area contributed by atoms with E-state index in [0.717, 1.165) is 23.5 Å². The number of aryl methyl sites for hydroxylation is 1. The lowest BCUT2D eigenvalue weighted by molar-refractivity contribution is -0.137. The minimum Gasteiger partial charge on any atom is -0.317 e. The highest BCUT2D eigenvalue weighted by atomic mass is 19.4. The summed E-state index contributed by atoms with van der Waals surface area (Å²) in [4.78, 5) is 0. The van der Waals surface area contributed by atoms with E-state index in [9.17, 15) is 13.2 Å². The summed E-state index contributed by atoms with van der Waals surface area (Å²) in [5.74, 6) is 0. The molecular formula is C14H11F3N2. The Kier molecular flexibility index (Phi) is 3.11. The Morgan fingerprint density at radius 1 is 1.11 bits per heavy atom. The van der Waals surface area contributed by atoms with Crippen LogP contribution in [-0.2, 0) is 6.18 Å². The lowest BCUT2D eigenvalue weighted by Crippen LogP contribution is -2.05. The molecular weight excluding hydrogens is 253 g/mol. The van der Waals surface area contributed by atoms with Gasteiger partial charge in [-0.2, -0.15) is 18.4 Å². The zero-order valence-corrected chi connectivity index (χ0v) is 10.4. The van der Waals surface area contributed by atoms with E-state index in [1.807, 2.05) is 6.92 Å². The van der Waals surface area contributed by atoms with Crippen LogP contribution in [0.2, 0.25) is 0 Å². The fraction of sp³-hybridized carbons (Fsp3) is 0.214. The molecule has 0 aliphatic carbocycles. The predicted octanol–water partition coefficient (Wildman–Crippen LogP) is 3.98. The van der Waals surface area contributed by atoms with E-state index in [2.05, 4.69) is 6.07 Å². The van der Waals surface area contributed by atoms with E-state index >= 15 is 0 Å². The molecule has 0 fully saturated rings. The number of nitriles is 1. The Morgan fingerprint density at radius 3 is 2.11 bits per heavy atom. The van der Waals surface area contributed by atoms with Gasteiger partial charge in [-0.3, -0.25) is 0 Å². The molecule has 0 bridgehead atoms. The van der Waals surface area contributed by atoms with Crippen LogP contribution in [-0.4, -0.2) is 4.57 Å². The second-order valence-electron chi connectivity index (χ2n) is 4.28. The summed E-state index contributed by atoms with van der Waals surface area (Å²) >= 11 is 0. The van der Waals surface area contributed by atoms with Gasteiger partial charge in [0.15, 0.2) is 0 Å². The lowest BCUT2D eigenvalue weighted by atomic mass is 10.2. The topological polar surface area (TPSA) is 28.7 Å². The van der Waals surface area contributed by atoms with E-state index in [-0.39, 0.29) is 0 Å². The molecule has 1 aromatic carbocycles. The molecule has 2 aromatic rings. The highest BCUT2D eigenvalue weighted by Crippen LogP contribution is 2.30. The summed E-state index contributed by atoms with van der Waals surface area (Å²) in [6.45, 7) is 3.58. The summed E-state index contributed by atoms with van der Waals surface area (Å²) in [5, 5.41) is 8.94. The number of nitrogens with zero attached hydrogens (tertiary/aromatic N) is 2. The van der Waals surface area contributed by atoms with Gasteiger partial charge in [0, 0.05) is 17.1 Å². The van der Waals surface area contributed by atoms with Gasteiger partial charge in [-0.25, -0.2) is 0 Å². The van der Waals surface area contributed by atoms with Crippen molar-refractivity contribution in [1.29, 1.82) is 5.26 Å². The van der Waals surface area contributed by atoms with Crippen molar-refractivity contribution in [3.05, 3.63) is 52.8 Å². The first kappa shape index (κ1) is 13.2. The molecule has 19 heavy (non-hydrogen) atoms. The van der Waals surface area contributed by atoms with E-state index in [1.54, 1.807) is 17.6 Å². The predicted molar refractivity (Wildman–Crippen MR) is 65.0 cm³/mol. The Balaban J connectivity index is 2.50. The van der Waals surface area contributed by atoms with E-state index < -0.39 is 11.7 Å². The van der Waals surface area contributed by atoms with Crippen LogP contribution in [0.15, 0.2) is 30.3 Å². The molecule has 0 amide bonds. The van der Waals surface area contributed by atoms with Crippen molar-refractivity contribution in [3.8, 4) is 11.8 Å². The average molecular weight is 264 g/mol. The molecule has 1 heterocycles. The maximum absolute atomic E-state index is 12.5. The van der Waals surface area contributed by atoms with Crippen molar-refractivity contribution >= 4 is 0 Å². The minimum absolute atomic E-state index is 0.525. The molecule has 5 heteroatoms. The molecule has 0 saturated carbocycles. The van der Waals surface area contributed by atoms with Crippen LogP contribution in [0.1, 0.15) is 22.5 Å². The molecule has 2 nitrogen and oxygen atoms in total. The summed E-state index contributed by atoms with van der Waals surface area (Å²) in [7, 11) is 0. The third-order valence-electron chi connectivity index (χ3n) is 3.00. The molecule has 0 aliphatic heterocycles. The molecule has 0 spiro atoms. The molecule has 0 N–H and O–H groups in total. The average Bonchev–Trinajstić information content (AvgIpc) is 2.63. The van der Waals surface area contributed by atoms with Crippen molar-refractivity contribution < 1.29 is 13.2 Å². The van der Waals surface area contributed by atoms with Crippen molar-refractivity contribution in [3.63, 3.8) is 0 Å². The molecule has 0 saturated heterocycles. The highest BCUT2D eigenvalue weighted by molar-refractivity contribution is 5.46. The van der Waals surface area contributed by atoms with Gasteiger partial charge in [-0.1, -0.05) is 0 Å². The molecule has 98 valence electrons. The lowest BCUT2D eigenvalue weighted by Gasteiger charge is -2.11. The fourth-order valence-electron chi connectivity index (χ4n) is 2.07. The summed E-state index contributed by atoms with van der Waals surface area (Å²) in [5.41, 5.74) is 2.00. The number of halogens is 3. The zero-order valence-electron chi connectivity index (χ0n) is 10.4. The van der Waals surface area contributed by atoms with Gasteiger partial charge in [0.2, 0.25) is 0 Å². The van der Waals surface area contributed by atoms with E-state index in [1.165, 1.54) is 12.1 Å². The van der Waals surface area contributed by atoms with Crippen LogP contribution in [0.3, 0.4) is 0 Å². The van der Waals surface area contributed by atoms with Gasteiger partial charge >= 0.3 is 6.18 Å². The van der Waals surface area contributed by atoms with Gasteiger partial charge in [0.1, 0.15) is 6.07 Å². The van der Waals surface area contributed by atoms with Crippen molar-refractivity contribution in [1.82, 2.24) is 4.57 Å². The number of aromatic nitrogens is 1. The fourth-order valence-corrected chi connectivity index (χ4v) is 2.07. The maximum atomic E-state index is 12.5. The molecule has 0 radical (unpaired) electrons. The Morgan fingerprint density at radius 2 is 1.68 bits per heavy atom. The molecule has 0 atom stereocenters. The standard InChI is InChI=1S/C14H11F3N2/c1-9-7-11(8-18)10(2)19(9)13-5-3-12(4-6-13)14(15,16)17/h3-7H,1-2H3. The maximum Gasteiger partial charge on any atom is 0.416 e. The number of rotatable bonds is 1.